The number of nitrogens with zero attached hydrogens (tertiary/aromatic N) is 6. The maximum absolute atomic E-state index is 14.7. The van der Waals surface area contributed by atoms with Gasteiger partial charge >= 0.3 is 0 Å². The number of hydrogen-bond acceptors (Lipinski definition) is 8. The van der Waals surface area contributed by atoms with Crippen LogP contribution < -0.4 is 10.6 Å². The van der Waals surface area contributed by atoms with E-state index in [2.05, 4.69) is 50.8 Å². The van der Waals surface area contributed by atoms with Gasteiger partial charge in [0.1, 0.15) is 11.4 Å². The summed E-state index contributed by atoms with van der Waals surface area (Å²) in [4.78, 5) is 37.8. The van der Waals surface area contributed by atoms with E-state index in [0.717, 1.165) is 57.1 Å². The fourth-order valence-corrected chi connectivity index (χ4v) is 6.24. The number of anilines is 2. The summed E-state index contributed by atoms with van der Waals surface area (Å²) in [5.41, 5.74) is 2.74. The number of H-pyrrole nitrogens is 2. The third-order valence-corrected chi connectivity index (χ3v) is 9.47. The van der Waals surface area contributed by atoms with Gasteiger partial charge in [0.2, 0.25) is 11.8 Å². The zero-order valence-corrected chi connectivity index (χ0v) is 30.3. The number of aryl methyl sites for hydroxylation is 2. The maximum atomic E-state index is 14.7. The summed E-state index contributed by atoms with van der Waals surface area (Å²) in [6.45, 7) is 15.7. The van der Waals surface area contributed by atoms with Crippen LogP contribution >= 0.6 is 0 Å². The third kappa shape index (κ3) is 10.3. The molecule has 12 nitrogen and oxygen atoms in total. The van der Waals surface area contributed by atoms with Crippen molar-refractivity contribution in [1.82, 2.24) is 40.2 Å². The van der Waals surface area contributed by atoms with Crippen LogP contribution in [0.2, 0.25) is 0 Å². The number of amides is 2. The molecule has 1 atom stereocenters. The highest BCUT2D eigenvalue weighted by Crippen LogP contribution is 2.29. The van der Waals surface area contributed by atoms with Crippen molar-refractivity contribution in [1.29, 1.82) is 0 Å². The number of nitrogens with one attached hydrogen (secondary N) is 4. The highest BCUT2D eigenvalue weighted by atomic mass is 19.1. The quantitative estimate of drug-likeness (QED) is 0.133. The molecule has 4 N–H and O–H groups in total. The SMILES string of the molecule is Cc1ccc(-c2[nH]nc(NC(=O)C(C)(C)CCN3CCCC3)c2F)cn1.Cc1ccc(-c2[nH]nc(NC(=O)CC(C)CN3CCCC3)c2F)cn1. The van der Waals surface area contributed by atoms with Crippen LogP contribution in [0.1, 0.15) is 70.7 Å². The van der Waals surface area contributed by atoms with Gasteiger partial charge in [-0.05, 0) is 109 Å². The average Bonchev–Trinajstić information content (AvgIpc) is 3.93. The number of aromatic nitrogens is 6. The lowest BCUT2D eigenvalue weighted by atomic mass is 9.88. The Balaban J connectivity index is 0.000000198. The number of carbonyl (C=O) groups is 2. The van der Waals surface area contributed by atoms with Gasteiger partial charge in [-0.15, -0.1) is 0 Å². The molecule has 2 aliphatic heterocycles. The van der Waals surface area contributed by atoms with E-state index in [9.17, 15) is 18.4 Å². The van der Waals surface area contributed by atoms with E-state index in [-0.39, 0.29) is 40.8 Å². The lowest BCUT2D eigenvalue weighted by molar-refractivity contribution is -0.124. The lowest BCUT2D eigenvalue weighted by Crippen LogP contribution is -2.35. The van der Waals surface area contributed by atoms with Crippen molar-refractivity contribution >= 4 is 23.5 Å². The topological polar surface area (TPSA) is 148 Å². The molecular weight excluding hydrogens is 654 g/mol. The molecule has 274 valence electrons. The molecule has 0 radical (unpaired) electrons. The molecule has 6 rings (SSSR count). The zero-order chi connectivity index (χ0) is 36.5. The number of rotatable bonds is 12. The van der Waals surface area contributed by atoms with Crippen LogP contribution in [0.25, 0.3) is 22.5 Å². The number of hydrogen-bond donors (Lipinski definition) is 4. The van der Waals surface area contributed by atoms with E-state index in [0.29, 0.717) is 17.5 Å². The van der Waals surface area contributed by atoms with Crippen molar-refractivity contribution in [2.24, 2.45) is 11.3 Å². The van der Waals surface area contributed by atoms with Gasteiger partial charge in [-0.2, -0.15) is 10.2 Å². The van der Waals surface area contributed by atoms with Crippen molar-refractivity contribution in [3.8, 4) is 22.5 Å². The second-order valence-corrected chi connectivity index (χ2v) is 14.4. The first kappa shape index (κ1) is 37.7. The number of carbonyl (C=O) groups excluding carboxylic acids is 2. The molecule has 6 heterocycles. The third-order valence-electron chi connectivity index (χ3n) is 9.47. The lowest BCUT2D eigenvalue weighted by Gasteiger charge is -2.25. The van der Waals surface area contributed by atoms with Gasteiger partial charge in [0.05, 0.1) is 0 Å². The van der Waals surface area contributed by atoms with Crippen LogP contribution in [-0.4, -0.2) is 91.2 Å². The van der Waals surface area contributed by atoms with Gasteiger partial charge in [0.25, 0.3) is 0 Å². The molecule has 1 unspecified atom stereocenters. The number of likely N-dealkylation sites (tertiary alicyclic amines) is 2. The van der Waals surface area contributed by atoms with Gasteiger partial charge in [-0.25, -0.2) is 8.78 Å². The van der Waals surface area contributed by atoms with E-state index in [1.165, 1.54) is 25.7 Å². The Morgan fingerprint density at radius 1 is 0.804 bits per heavy atom. The van der Waals surface area contributed by atoms with E-state index < -0.39 is 17.0 Å². The summed E-state index contributed by atoms with van der Waals surface area (Å²) in [5.74, 6) is -1.48. The Kier molecular flexibility index (Phi) is 12.6. The molecule has 4 aromatic rings. The fourth-order valence-electron chi connectivity index (χ4n) is 6.24. The van der Waals surface area contributed by atoms with Crippen molar-refractivity contribution < 1.29 is 18.4 Å². The Morgan fingerprint density at radius 3 is 1.78 bits per heavy atom. The highest BCUT2D eigenvalue weighted by molar-refractivity contribution is 5.94. The number of halogens is 2. The molecule has 51 heavy (non-hydrogen) atoms. The van der Waals surface area contributed by atoms with Gasteiger partial charge in [-0.3, -0.25) is 29.8 Å². The van der Waals surface area contributed by atoms with Crippen LogP contribution in [0.5, 0.6) is 0 Å². The van der Waals surface area contributed by atoms with Gasteiger partial charge in [0.15, 0.2) is 23.3 Å². The summed E-state index contributed by atoms with van der Waals surface area (Å²) in [6.07, 6.45) is 9.14. The Hall–Kier alpha value is -4.56. The Bertz CT molecular complexity index is 1740. The normalized spacial score (nSPS) is 15.7. The molecule has 14 heteroatoms. The predicted molar refractivity (Wildman–Crippen MR) is 194 cm³/mol. The standard InChI is InChI=1S/C19H26FN5O.C18H24FN5O/c1-13-6-7-14(12-21-13)16-15(20)17(24-23-16)22-18(26)19(2,3)8-11-25-9-4-5-10-25;1-12(11-24-7-3-4-8-24)9-15(25)21-18-16(19)17(22-23-18)14-6-5-13(2)20-10-14/h6-7,12H,4-5,8-11H2,1-3H3,(H2,22,23,24,26);5-6,10,12H,3-4,7-9,11H2,1-2H3,(H2,21,22,23,25). The largest absolute Gasteiger partial charge is 0.307 e. The molecule has 2 fully saturated rings. The molecule has 2 amide bonds. The minimum atomic E-state index is -0.598. The van der Waals surface area contributed by atoms with Crippen LogP contribution in [-0.2, 0) is 9.59 Å². The van der Waals surface area contributed by atoms with E-state index >= 15 is 0 Å². The van der Waals surface area contributed by atoms with Crippen molar-refractivity contribution in [2.45, 2.75) is 73.1 Å². The van der Waals surface area contributed by atoms with E-state index in [1.54, 1.807) is 36.7 Å². The monoisotopic (exact) mass is 704 g/mol. The molecule has 2 saturated heterocycles. The molecule has 2 aliphatic rings. The first-order valence-corrected chi connectivity index (χ1v) is 17.8. The molecule has 0 saturated carbocycles. The van der Waals surface area contributed by atoms with Crippen molar-refractivity contribution in [3.05, 3.63) is 59.7 Å². The van der Waals surface area contributed by atoms with Crippen LogP contribution in [0.3, 0.4) is 0 Å². The zero-order valence-electron chi connectivity index (χ0n) is 30.3. The fraction of sp³-hybridized carbons (Fsp3) is 0.514. The average molecular weight is 705 g/mol. The predicted octanol–water partition coefficient (Wildman–Crippen LogP) is 6.35. The summed E-state index contributed by atoms with van der Waals surface area (Å²) in [7, 11) is 0. The molecule has 0 spiro atoms. The minimum Gasteiger partial charge on any atom is -0.307 e. The minimum absolute atomic E-state index is 0.0612. The highest BCUT2D eigenvalue weighted by Gasteiger charge is 2.30. The summed E-state index contributed by atoms with van der Waals surface area (Å²) in [5, 5.41) is 18.3. The number of aromatic amines is 2. The maximum Gasteiger partial charge on any atom is 0.231 e. The molecule has 0 aliphatic carbocycles. The second-order valence-electron chi connectivity index (χ2n) is 14.4. The van der Waals surface area contributed by atoms with Crippen LogP contribution in [0.4, 0.5) is 20.4 Å². The van der Waals surface area contributed by atoms with Crippen LogP contribution in [0.15, 0.2) is 36.7 Å². The first-order valence-electron chi connectivity index (χ1n) is 17.8. The van der Waals surface area contributed by atoms with Crippen molar-refractivity contribution in [2.75, 3.05) is 49.9 Å². The van der Waals surface area contributed by atoms with Gasteiger partial charge < -0.3 is 20.4 Å². The molecule has 0 bridgehead atoms. The Labute approximate surface area is 298 Å². The molecule has 0 aromatic carbocycles. The molecule has 4 aromatic heterocycles. The summed E-state index contributed by atoms with van der Waals surface area (Å²) >= 11 is 0. The second kappa shape index (κ2) is 17.1. The van der Waals surface area contributed by atoms with Crippen molar-refractivity contribution in [3.63, 3.8) is 0 Å². The molecular formula is C37H50F2N10O2. The van der Waals surface area contributed by atoms with Gasteiger partial charge in [0, 0.05) is 53.3 Å². The van der Waals surface area contributed by atoms with Crippen LogP contribution in [0, 0.1) is 36.8 Å². The van der Waals surface area contributed by atoms with E-state index in [4.69, 9.17) is 0 Å². The smallest absolute Gasteiger partial charge is 0.231 e. The van der Waals surface area contributed by atoms with E-state index in [1.807, 2.05) is 34.6 Å². The summed E-state index contributed by atoms with van der Waals surface area (Å²) < 4.78 is 29.2. The Morgan fingerprint density at radius 2 is 1.29 bits per heavy atom. The number of pyridine rings is 2. The first-order chi connectivity index (χ1) is 24.4. The van der Waals surface area contributed by atoms with Gasteiger partial charge in [-0.1, -0.05) is 20.8 Å². The summed E-state index contributed by atoms with van der Waals surface area (Å²) in [6, 6.07) is 7.14.